The number of rotatable bonds is 3. The molecule has 0 atom stereocenters. The monoisotopic (exact) mass is 248 g/mol. The molecule has 1 amide bonds. The Morgan fingerprint density at radius 3 is 2.89 bits per heavy atom. The molecule has 1 aromatic rings. The molecule has 0 aliphatic carbocycles. The van der Waals surface area contributed by atoms with Crippen LogP contribution in [0.3, 0.4) is 0 Å². The molecule has 0 radical (unpaired) electrons. The van der Waals surface area contributed by atoms with Gasteiger partial charge in [-0.3, -0.25) is 4.79 Å². The topological polar surface area (TPSA) is 55.6 Å². The molecule has 1 aliphatic heterocycles. The number of carbonyl (C=O) groups excluding carboxylic acids is 1. The minimum Gasteiger partial charge on any atom is -0.399 e. The third-order valence-corrected chi connectivity index (χ3v) is 3.43. The number of carbonyl (C=O) groups is 1. The van der Waals surface area contributed by atoms with E-state index < -0.39 is 5.60 Å². The Labute approximate surface area is 108 Å². The summed E-state index contributed by atoms with van der Waals surface area (Å²) in [6, 6.07) is 5.71. The largest absolute Gasteiger partial charge is 0.399 e. The van der Waals surface area contributed by atoms with Crippen molar-refractivity contribution in [3.05, 3.63) is 23.8 Å². The molecule has 18 heavy (non-hydrogen) atoms. The van der Waals surface area contributed by atoms with Crippen LogP contribution in [0.1, 0.15) is 25.8 Å². The van der Waals surface area contributed by atoms with E-state index in [-0.39, 0.29) is 5.91 Å². The van der Waals surface area contributed by atoms with Crippen LogP contribution in [0.4, 0.5) is 11.4 Å². The maximum Gasteiger partial charge on any atom is 0.229 e. The SMILES string of the molecule is COC(C)(C)CC(=O)N1CCc2cc(N)ccc21. The fourth-order valence-corrected chi connectivity index (χ4v) is 2.21. The van der Waals surface area contributed by atoms with Gasteiger partial charge in [0.25, 0.3) is 0 Å². The lowest BCUT2D eigenvalue weighted by Gasteiger charge is -2.26. The lowest BCUT2D eigenvalue weighted by atomic mass is 10.0. The second-order valence-electron chi connectivity index (χ2n) is 5.32. The number of benzene rings is 1. The molecule has 2 N–H and O–H groups in total. The minimum atomic E-state index is -0.423. The summed E-state index contributed by atoms with van der Waals surface area (Å²) in [7, 11) is 1.63. The summed E-state index contributed by atoms with van der Waals surface area (Å²) < 4.78 is 5.31. The van der Waals surface area contributed by atoms with Crippen molar-refractivity contribution < 1.29 is 9.53 Å². The normalized spacial score (nSPS) is 14.7. The molecule has 1 heterocycles. The molecular formula is C14H20N2O2. The molecule has 98 valence electrons. The van der Waals surface area contributed by atoms with Crippen molar-refractivity contribution in [2.24, 2.45) is 0 Å². The summed E-state index contributed by atoms with van der Waals surface area (Å²) in [4.78, 5) is 14.1. The number of anilines is 2. The van der Waals surface area contributed by atoms with Gasteiger partial charge >= 0.3 is 0 Å². The van der Waals surface area contributed by atoms with Gasteiger partial charge in [-0.25, -0.2) is 0 Å². The predicted octanol–water partition coefficient (Wildman–Crippen LogP) is 1.97. The van der Waals surface area contributed by atoms with Gasteiger partial charge in [0.2, 0.25) is 5.91 Å². The zero-order valence-electron chi connectivity index (χ0n) is 11.2. The third-order valence-electron chi connectivity index (χ3n) is 3.43. The van der Waals surface area contributed by atoms with Crippen molar-refractivity contribution in [1.29, 1.82) is 0 Å². The van der Waals surface area contributed by atoms with Crippen molar-refractivity contribution in [2.45, 2.75) is 32.3 Å². The molecule has 4 nitrogen and oxygen atoms in total. The molecule has 0 saturated heterocycles. The second-order valence-corrected chi connectivity index (χ2v) is 5.32. The van der Waals surface area contributed by atoms with Crippen LogP contribution in [-0.2, 0) is 16.0 Å². The zero-order chi connectivity index (χ0) is 13.3. The fourth-order valence-electron chi connectivity index (χ4n) is 2.21. The Kier molecular flexibility index (Phi) is 3.30. The quantitative estimate of drug-likeness (QED) is 0.832. The Morgan fingerprint density at radius 2 is 2.22 bits per heavy atom. The highest BCUT2D eigenvalue weighted by Gasteiger charge is 2.29. The van der Waals surface area contributed by atoms with Crippen molar-refractivity contribution in [2.75, 3.05) is 24.3 Å². The number of nitrogens with zero attached hydrogens (tertiary/aromatic N) is 1. The van der Waals surface area contributed by atoms with Gasteiger partial charge in [0.05, 0.1) is 12.0 Å². The number of hydrogen-bond acceptors (Lipinski definition) is 3. The van der Waals surface area contributed by atoms with E-state index in [0.29, 0.717) is 6.42 Å². The highest BCUT2D eigenvalue weighted by Crippen LogP contribution is 2.31. The summed E-state index contributed by atoms with van der Waals surface area (Å²) in [6.45, 7) is 4.58. The predicted molar refractivity (Wildman–Crippen MR) is 72.6 cm³/mol. The van der Waals surface area contributed by atoms with E-state index in [1.54, 1.807) is 7.11 Å². The molecule has 0 unspecified atom stereocenters. The van der Waals surface area contributed by atoms with Crippen LogP contribution in [0.5, 0.6) is 0 Å². The number of nitrogen functional groups attached to an aromatic ring is 1. The Morgan fingerprint density at radius 1 is 1.50 bits per heavy atom. The molecule has 0 aromatic heterocycles. The lowest BCUT2D eigenvalue weighted by molar-refractivity contribution is -0.123. The molecule has 4 heteroatoms. The first-order valence-corrected chi connectivity index (χ1v) is 6.17. The second kappa shape index (κ2) is 4.61. The third kappa shape index (κ3) is 2.48. The van der Waals surface area contributed by atoms with Crippen molar-refractivity contribution in [3.8, 4) is 0 Å². The average molecular weight is 248 g/mol. The average Bonchev–Trinajstić information content (AvgIpc) is 2.71. The van der Waals surface area contributed by atoms with Gasteiger partial charge in [-0.05, 0) is 44.0 Å². The van der Waals surface area contributed by atoms with Crippen molar-refractivity contribution in [3.63, 3.8) is 0 Å². The lowest BCUT2D eigenvalue weighted by Crippen LogP contribution is -2.36. The van der Waals surface area contributed by atoms with Crippen molar-refractivity contribution in [1.82, 2.24) is 0 Å². The molecule has 1 aliphatic rings. The standard InChI is InChI=1S/C14H20N2O2/c1-14(2,18-3)9-13(17)16-7-6-10-8-11(15)4-5-12(10)16/h4-5,8H,6-7,9,15H2,1-3H3. The smallest absolute Gasteiger partial charge is 0.229 e. The van der Waals surface area contributed by atoms with Gasteiger partial charge in [-0.2, -0.15) is 0 Å². The van der Waals surface area contributed by atoms with Crippen LogP contribution in [-0.4, -0.2) is 25.2 Å². The maximum atomic E-state index is 12.3. The van der Waals surface area contributed by atoms with Gasteiger partial charge in [0, 0.05) is 25.0 Å². The summed E-state index contributed by atoms with van der Waals surface area (Å²) >= 11 is 0. The van der Waals surface area contributed by atoms with E-state index in [2.05, 4.69) is 0 Å². The molecule has 0 spiro atoms. The molecule has 0 saturated carbocycles. The number of amides is 1. The molecule has 0 bridgehead atoms. The Bertz CT molecular complexity index is 469. The van der Waals surface area contributed by atoms with Crippen LogP contribution in [0, 0.1) is 0 Å². The number of methoxy groups -OCH3 is 1. The summed E-state index contributed by atoms with van der Waals surface area (Å²) in [5.41, 5.74) is 8.22. The zero-order valence-corrected chi connectivity index (χ0v) is 11.2. The van der Waals surface area contributed by atoms with Crippen LogP contribution in [0.15, 0.2) is 18.2 Å². The number of ether oxygens (including phenoxy) is 1. The van der Waals surface area contributed by atoms with E-state index in [1.807, 2.05) is 36.9 Å². The van der Waals surface area contributed by atoms with Gasteiger partial charge in [0.15, 0.2) is 0 Å². The van der Waals surface area contributed by atoms with E-state index >= 15 is 0 Å². The molecule has 0 fully saturated rings. The highest BCUT2D eigenvalue weighted by molar-refractivity contribution is 5.96. The first-order valence-electron chi connectivity index (χ1n) is 6.17. The first-order chi connectivity index (χ1) is 8.43. The number of hydrogen-bond donors (Lipinski definition) is 1. The van der Waals surface area contributed by atoms with Gasteiger partial charge in [-0.15, -0.1) is 0 Å². The van der Waals surface area contributed by atoms with Gasteiger partial charge < -0.3 is 15.4 Å². The summed E-state index contributed by atoms with van der Waals surface area (Å²) in [5, 5.41) is 0. The van der Waals surface area contributed by atoms with Crippen LogP contribution < -0.4 is 10.6 Å². The maximum absolute atomic E-state index is 12.3. The molecule has 2 rings (SSSR count). The van der Waals surface area contributed by atoms with E-state index in [9.17, 15) is 4.79 Å². The van der Waals surface area contributed by atoms with Crippen LogP contribution in [0.25, 0.3) is 0 Å². The number of nitrogens with two attached hydrogens (primary N) is 1. The van der Waals surface area contributed by atoms with E-state index in [4.69, 9.17) is 10.5 Å². The Balaban J connectivity index is 2.16. The van der Waals surface area contributed by atoms with E-state index in [1.165, 1.54) is 0 Å². The summed E-state index contributed by atoms with van der Waals surface area (Å²) in [6.07, 6.45) is 1.26. The molecule has 1 aromatic carbocycles. The molecular weight excluding hydrogens is 228 g/mol. The van der Waals surface area contributed by atoms with Crippen LogP contribution >= 0.6 is 0 Å². The van der Waals surface area contributed by atoms with Crippen LogP contribution in [0.2, 0.25) is 0 Å². The fraction of sp³-hybridized carbons (Fsp3) is 0.500. The van der Waals surface area contributed by atoms with Crippen molar-refractivity contribution >= 4 is 17.3 Å². The number of fused-ring (bicyclic) bond motifs is 1. The van der Waals surface area contributed by atoms with Gasteiger partial charge in [-0.1, -0.05) is 0 Å². The Hall–Kier alpha value is -1.55. The van der Waals surface area contributed by atoms with Gasteiger partial charge in [0.1, 0.15) is 0 Å². The summed E-state index contributed by atoms with van der Waals surface area (Å²) in [5.74, 6) is 0.102. The highest BCUT2D eigenvalue weighted by atomic mass is 16.5. The first kappa shape index (κ1) is 12.9. The minimum absolute atomic E-state index is 0.102. The van der Waals surface area contributed by atoms with E-state index in [0.717, 1.165) is 29.9 Å².